The molecule has 128 valence electrons. The van der Waals surface area contributed by atoms with Crippen molar-refractivity contribution in [2.75, 3.05) is 30.9 Å². The first-order chi connectivity index (χ1) is 11.6. The highest BCUT2D eigenvalue weighted by Gasteiger charge is 2.11. The number of carbonyl (C=O) groups is 1. The van der Waals surface area contributed by atoms with Crippen LogP contribution in [0.4, 0.5) is 11.5 Å². The Labute approximate surface area is 143 Å². The molecule has 0 aliphatic rings. The first kappa shape index (κ1) is 17.8. The molecule has 0 fully saturated rings. The molecule has 24 heavy (non-hydrogen) atoms. The van der Waals surface area contributed by atoms with Crippen molar-refractivity contribution in [3.8, 4) is 5.75 Å². The fraction of sp³-hybridized carbons (Fsp3) is 0.368. The fourth-order valence-electron chi connectivity index (χ4n) is 2.29. The SMILES string of the molecule is CCCCCOc1ccc(C(=O)Nc2cccnc2N(C)C)cc1. The number of hydrogen-bond acceptors (Lipinski definition) is 4. The fourth-order valence-corrected chi connectivity index (χ4v) is 2.29. The molecule has 0 aliphatic carbocycles. The zero-order valence-corrected chi connectivity index (χ0v) is 14.6. The third-order valence-electron chi connectivity index (χ3n) is 3.59. The van der Waals surface area contributed by atoms with Gasteiger partial charge < -0.3 is 15.0 Å². The normalized spacial score (nSPS) is 10.3. The van der Waals surface area contributed by atoms with Crippen molar-refractivity contribution in [2.45, 2.75) is 26.2 Å². The summed E-state index contributed by atoms with van der Waals surface area (Å²) >= 11 is 0. The van der Waals surface area contributed by atoms with Gasteiger partial charge in [-0.15, -0.1) is 0 Å². The Bertz CT molecular complexity index is 654. The molecular weight excluding hydrogens is 302 g/mol. The minimum atomic E-state index is -0.163. The summed E-state index contributed by atoms with van der Waals surface area (Å²) in [6.07, 6.45) is 5.09. The van der Waals surface area contributed by atoms with Gasteiger partial charge in [-0.1, -0.05) is 19.8 Å². The molecule has 0 bridgehead atoms. The monoisotopic (exact) mass is 327 g/mol. The van der Waals surface area contributed by atoms with E-state index in [1.54, 1.807) is 24.4 Å². The van der Waals surface area contributed by atoms with Crippen LogP contribution < -0.4 is 15.0 Å². The van der Waals surface area contributed by atoms with Gasteiger partial charge in [0.2, 0.25) is 0 Å². The second kappa shape index (κ2) is 8.91. The summed E-state index contributed by atoms with van der Waals surface area (Å²) in [5.74, 6) is 1.35. The molecule has 1 aromatic carbocycles. The third kappa shape index (κ3) is 4.98. The van der Waals surface area contributed by atoms with Crippen LogP contribution in [0.3, 0.4) is 0 Å². The zero-order chi connectivity index (χ0) is 17.4. The van der Waals surface area contributed by atoms with E-state index in [0.29, 0.717) is 17.9 Å². The Kier molecular flexibility index (Phi) is 6.61. The lowest BCUT2D eigenvalue weighted by molar-refractivity contribution is 0.102. The number of benzene rings is 1. The zero-order valence-electron chi connectivity index (χ0n) is 14.6. The molecule has 2 rings (SSSR count). The second-order valence-electron chi connectivity index (χ2n) is 5.80. The number of nitrogens with zero attached hydrogens (tertiary/aromatic N) is 2. The van der Waals surface area contributed by atoms with Crippen LogP contribution >= 0.6 is 0 Å². The molecule has 0 radical (unpaired) electrons. The molecule has 1 N–H and O–H groups in total. The number of unbranched alkanes of at least 4 members (excludes halogenated alkanes) is 2. The van der Waals surface area contributed by atoms with Crippen LogP contribution in [0.1, 0.15) is 36.5 Å². The van der Waals surface area contributed by atoms with Gasteiger partial charge in [0.25, 0.3) is 5.91 Å². The molecule has 2 aromatic rings. The highest BCUT2D eigenvalue weighted by Crippen LogP contribution is 2.21. The summed E-state index contributed by atoms with van der Waals surface area (Å²) in [5.41, 5.74) is 1.27. The van der Waals surface area contributed by atoms with E-state index in [-0.39, 0.29) is 5.91 Å². The molecule has 1 aromatic heterocycles. The third-order valence-corrected chi connectivity index (χ3v) is 3.59. The van der Waals surface area contributed by atoms with Crippen molar-refractivity contribution in [1.82, 2.24) is 4.98 Å². The molecule has 0 saturated carbocycles. The Morgan fingerprint density at radius 2 is 1.92 bits per heavy atom. The van der Waals surface area contributed by atoms with Gasteiger partial charge in [0.1, 0.15) is 5.75 Å². The van der Waals surface area contributed by atoms with Gasteiger partial charge in [-0.3, -0.25) is 4.79 Å². The van der Waals surface area contributed by atoms with Crippen molar-refractivity contribution >= 4 is 17.4 Å². The smallest absolute Gasteiger partial charge is 0.255 e. The van der Waals surface area contributed by atoms with Crippen molar-refractivity contribution in [1.29, 1.82) is 0 Å². The lowest BCUT2D eigenvalue weighted by atomic mass is 10.2. The van der Waals surface area contributed by atoms with Crippen molar-refractivity contribution < 1.29 is 9.53 Å². The van der Waals surface area contributed by atoms with E-state index in [4.69, 9.17) is 4.74 Å². The number of carbonyl (C=O) groups excluding carboxylic acids is 1. The van der Waals surface area contributed by atoms with Crippen molar-refractivity contribution in [3.63, 3.8) is 0 Å². The number of pyridine rings is 1. The second-order valence-corrected chi connectivity index (χ2v) is 5.80. The van der Waals surface area contributed by atoms with Crippen molar-refractivity contribution in [2.24, 2.45) is 0 Å². The summed E-state index contributed by atoms with van der Waals surface area (Å²) < 4.78 is 5.66. The van der Waals surface area contributed by atoms with Crippen LogP contribution in [0.5, 0.6) is 5.75 Å². The molecule has 0 spiro atoms. The number of ether oxygens (including phenoxy) is 1. The van der Waals surface area contributed by atoms with Crippen LogP contribution in [-0.2, 0) is 0 Å². The van der Waals surface area contributed by atoms with Gasteiger partial charge in [0.15, 0.2) is 5.82 Å². The molecule has 5 nitrogen and oxygen atoms in total. The summed E-state index contributed by atoms with van der Waals surface area (Å²) in [5, 5.41) is 2.90. The molecule has 1 amide bonds. The highest BCUT2D eigenvalue weighted by atomic mass is 16.5. The highest BCUT2D eigenvalue weighted by molar-refractivity contribution is 6.05. The van der Waals surface area contributed by atoms with Gasteiger partial charge in [-0.2, -0.15) is 0 Å². The molecule has 5 heteroatoms. The topological polar surface area (TPSA) is 54.5 Å². The van der Waals surface area contributed by atoms with E-state index in [9.17, 15) is 4.79 Å². The van der Waals surface area contributed by atoms with Gasteiger partial charge >= 0.3 is 0 Å². The predicted molar refractivity (Wildman–Crippen MR) is 98.0 cm³/mol. The molecular formula is C19H25N3O2. The maximum absolute atomic E-state index is 12.4. The first-order valence-electron chi connectivity index (χ1n) is 8.28. The average molecular weight is 327 g/mol. The lowest BCUT2D eigenvalue weighted by Crippen LogP contribution is -2.17. The van der Waals surface area contributed by atoms with Crippen molar-refractivity contribution in [3.05, 3.63) is 48.2 Å². The molecule has 0 saturated heterocycles. The van der Waals surface area contributed by atoms with E-state index >= 15 is 0 Å². The van der Waals surface area contributed by atoms with E-state index < -0.39 is 0 Å². The first-order valence-corrected chi connectivity index (χ1v) is 8.28. The Morgan fingerprint density at radius 3 is 2.58 bits per heavy atom. The lowest BCUT2D eigenvalue weighted by Gasteiger charge is -2.16. The number of hydrogen-bond donors (Lipinski definition) is 1. The Morgan fingerprint density at radius 1 is 1.17 bits per heavy atom. The molecule has 0 aliphatic heterocycles. The van der Waals surface area contributed by atoms with Crippen LogP contribution in [0.2, 0.25) is 0 Å². The van der Waals surface area contributed by atoms with E-state index in [1.807, 2.05) is 37.2 Å². The quantitative estimate of drug-likeness (QED) is 0.745. The Hall–Kier alpha value is -2.56. The van der Waals surface area contributed by atoms with E-state index in [0.717, 1.165) is 18.0 Å². The molecule has 1 heterocycles. The number of amides is 1. The summed E-state index contributed by atoms with van der Waals surface area (Å²) in [6.45, 7) is 2.87. The van der Waals surface area contributed by atoms with Gasteiger partial charge in [0, 0.05) is 25.9 Å². The standard InChI is InChI=1S/C19H25N3O2/c1-4-5-6-14-24-16-11-9-15(10-12-16)19(23)21-17-8-7-13-20-18(17)22(2)3/h7-13H,4-6,14H2,1-3H3,(H,21,23). The van der Waals surface area contributed by atoms with Crippen LogP contribution in [0.15, 0.2) is 42.6 Å². The molecule has 0 unspecified atom stereocenters. The number of nitrogens with one attached hydrogen (secondary N) is 1. The van der Waals surface area contributed by atoms with Gasteiger partial charge in [0.05, 0.1) is 12.3 Å². The Balaban J connectivity index is 1.98. The summed E-state index contributed by atoms with van der Waals surface area (Å²) in [6, 6.07) is 10.8. The number of anilines is 2. The summed E-state index contributed by atoms with van der Waals surface area (Å²) in [4.78, 5) is 18.5. The predicted octanol–water partition coefficient (Wildman–Crippen LogP) is 3.97. The number of rotatable bonds is 8. The van der Waals surface area contributed by atoms with E-state index in [1.165, 1.54) is 12.8 Å². The minimum Gasteiger partial charge on any atom is -0.494 e. The largest absolute Gasteiger partial charge is 0.494 e. The van der Waals surface area contributed by atoms with Gasteiger partial charge in [-0.05, 0) is 42.8 Å². The van der Waals surface area contributed by atoms with E-state index in [2.05, 4.69) is 17.2 Å². The van der Waals surface area contributed by atoms with Crippen LogP contribution in [0, 0.1) is 0 Å². The molecule has 0 atom stereocenters. The maximum atomic E-state index is 12.4. The van der Waals surface area contributed by atoms with Crippen LogP contribution in [-0.4, -0.2) is 31.6 Å². The van der Waals surface area contributed by atoms with Crippen LogP contribution in [0.25, 0.3) is 0 Å². The number of aromatic nitrogens is 1. The average Bonchev–Trinajstić information content (AvgIpc) is 2.59. The van der Waals surface area contributed by atoms with Gasteiger partial charge in [-0.25, -0.2) is 4.98 Å². The summed E-state index contributed by atoms with van der Waals surface area (Å²) in [7, 11) is 3.78. The maximum Gasteiger partial charge on any atom is 0.255 e. The minimum absolute atomic E-state index is 0.163.